The summed E-state index contributed by atoms with van der Waals surface area (Å²) in [5.41, 5.74) is 6.72. The molecule has 3 aromatic heterocycles. The fraction of sp³-hybridized carbons (Fsp3) is 0.367. The van der Waals surface area contributed by atoms with Gasteiger partial charge in [-0.2, -0.15) is 5.10 Å². The number of fused-ring (bicyclic) bond motifs is 2. The number of nitrogens with zero attached hydrogens (tertiary/aromatic N) is 7. The Labute approximate surface area is 271 Å². The summed E-state index contributed by atoms with van der Waals surface area (Å²) in [4.78, 5) is 11.2. The molecule has 3 aliphatic heterocycles. The third kappa shape index (κ3) is 5.19. The molecule has 15 heteroatoms. The lowest BCUT2D eigenvalue weighted by Gasteiger charge is -2.49. The normalized spacial score (nSPS) is 28.2. The maximum atomic E-state index is 6.81. The van der Waals surface area contributed by atoms with Crippen molar-refractivity contribution in [3.63, 3.8) is 0 Å². The van der Waals surface area contributed by atoms with Crippen molar-refractivity contribution in [1.82, 2.24) is 30.4 Å². The summed E-state index contributed by atoms with van der Waals surface area (Å²) in [6.45, 7) is 4.38. The van der Waals surface area contributed by atoms with E-state index in [-0.39, 0.29) is 6.17 Å². The zero-order valence-corrected chi connectivity index (χ0v) is 26.9. The van der Waals surface area contributed by atoms with Gasteiger partial charge in [0, 0.05) is 23.7 Å². The van der Waals surface area contributed by atoms with Crippen LogP contribution in [0, 0.1) is 6.92 Å². The lowest BCUT2D eigenvalue weighted by molar-refractivity contribution is -0.311. The Morgan fingerprint density at radius 3 is 2.78 bits per heavy atom. The first-order chi connectivity index (χ1) is 22.0. The number of anilines is 1. The topological polar surface area (TPSA) is 121 Å². The first-order valence-electron chi connectivity index (χ1n) is 14.5. The van der Waals surface area contributed by atoms with E-state index in [2.05, 4.69) is 49.7 Å². The molecule has 2 saturated heterocycles. The van der Waals surface area contributed by atoms with Crippen LogP contribution in [-0.2, 0) is 18.9 Å². The number of amidine groups is 1. The van der Waals surface area contributed by atoms with Crippen molar-refractivity contribution < 1.29 is 18.9 Å². The van der Waals surface area contributed by atoms with Gasteiger partial charge in [-0.1, -0.05) is 47.1 Å². The highest BCUT2D eigenvalue weighted by molar-refractivity contribution is 7.18. The molecular formula is C30H29ClN8O4S2. The standard InChI is InChI=1S/C30H29ClN8O4S2/c1-15-34-36-28(39(15)18-9-10-19-22(11-18)45-16(2)32-19)27-26(40-3)24(38-12-20(35-37-38)29-33-23(31)14-44-29)25-21(42-27)13-41-30(43-25)17-7-5-4-6-8-17/h4-12,14-15,21,24-27,30,34H,13H2,1-3H3/t15?,21?,24-,25-,26?,27+,30?/m0/s1. The number of aromatic nitrogens is 5. The van der Waals surface area contributed by atoms with Crippen LogP contribution >= 0.6 is 34.3 Å². The lowest BCUT2D eigenvalue weighted by atomic mass is 9.90. The van der Waals surface area contributed by atoms with Crippen molar-refractivity contribution in [3.05, 3.63) is 75.8 Å². The number of rotatable bonds is 6. The Hall–Kier alpha value is -3.50. The van der Waals surface area contributed by atoms with Gasteiger partial charge in [0.2, 0.25) is 0 Å². The fourth-order valence-electron chi connectivity index (χ4n) is 6.25. The molecule has 232 valence electrons. The van der Waals surface area contributed by atoms with Gasteiger partial charge in [0.15, 0.2) is 12.1 Å². The van der Waals surface area contributed by atoms with Crippen molar-refractivity contribution in [1.29, 1.82) is 0 Å². The molecule has 0 spiro atoms. The number of benzene rings is 2. The molecule has 45 heavy (non-hydrogen) atoms. The molecule has 0 radical (unpaired) electrons. The number of halogens is 1. The number of hydrogen-bond acceptors (Lipinski definition) is 13. The Bertz CT molecular complexity index is 1860. The Balaban J connectivity index is 1.18. The Morgan fingerprint density at radius 2 is 1.98 bits per heavy atom. The molecule has 0 aliphatic carbocycles. The van der Waals surface area contributed by atoms with Crippen molar-refractivity contribution >= 4 is 56.0 Å². The van der Waals surface area contributed by atoms with Crippen LogP contribution in [0.25, 0.3) is 20.9 Å². The molecule has 0 saturated carbocycles. The van der Waals surface area contributed by atoms with Crippen molar-refractivity contribution in [2.75, 3.05) is 18.6 Å². The predicted octanol–water partition coefficient (Wildman–Crippen LogP) is 5.18. The Morgan fingerprint density at radius 1 is 1.11 bits per heavy atom. The molecule has 5 aromatic rings. The molecule has 4 unspecified atom stereocenters. The third-order valence-corrected chi connectivity index (χ3v) is 10.3. The number of hydrogen-bond donors (Lipinski definition) is 1. The smallest absolute Gasteiger partial charge is 0.184 e. The molecule has 2 fully saturated rings. The second-order valence-electron chi connectivity index (χ2n) is 11.1. The van der Waals surface area contributed by atoms with Gasteiger partial charge < -0.3 is 23.8 Å². The second kappa shape index (κ2) is 11.7. The Kier molecular flexibility index (Phi) is 7.52. The monoisotopic (exact) mass is 664 g/mol. The van der Waals surface area contributed by atoms with Crippen LogP contribution < -0.4 is 10.3 Å². The van der Waals surface area contributed by atoms with Gasteiger partial charge in [0.25, 0.3) is 0 Å². The molecule has 2 aromatic carbocycles. The van der Waals surface area contributed by atoms with E-state index in [1.54, 1.807) is 28.5 Å². The molecule has 0 bridgehead atoms. The van der Waals surface area contributed by atoms with E-state index in [0.717, 1.165) is 26.5 Å². The van der Waals surface area contributed by atoms with E-state index in [1.807, 2.05) is 49.5 Å². The first kappa shape index (κ1) is 28.9. The molecule has 7 atom stereocenters. The number of aryl methyl sites for hydroxylation is 1. The highest BCUT2D eigenvalue weighted by Gasteiger charge is 2.54. The van der Waals surface area contributed by atoms with Gasteiger partial charge in [-0.15, -0.1) is 27.8 Å². The summed E-state index contributed by atoms with van der Waals surface area (Å²) < 4.78 is 28.9. The first-order valence-corrected chi connectivity index (χ1v) is 16.6. The number of thiazole rings is 2. The van der Waals surface area contributed by atoms with Crippen LogP contribution in [0.3, 0.4) is 0 Å². The van der Waals surface area contributed by atoms with Gasteiger partial charge >= 0.3 is 0 Å². The molecule has 6 heterocycles. The van der Waals surface area contributed by atoms with E-state index < -0.39 is 36.7 Å². The summed E-state index contributed by atoms with van der Waals surface area (Å²) in [6, 6.07) is 15.7. The lowest BCUT2D eigenvalue weighted by Crippen LogP contribution is -2.63. The van der Waals surface area contributed by atoms with E-state index in [1.165, 1.54) is 11.3 Å². The summed E-state index contributed by atoms with van der Waals surface area (Å²) in [6.07, 6.45) is -0.922. The summed E-state index contributed by atoms with van der Waals surface area (Å²) in [5, 5.41) is 17.7. The predicted molar refractivity (Wildman–Crippen MR) is 172 cm³/mol. The average Bonchev–Trinajstić information content (AvgIpc) is 3.86. The van der Waals surface area contributed by atoms with Gasteiger partial charge in [0.05, 0.1) is 28.0 Å². The fourth-order valence-corrected chi connectivity index (χ4v) is 8.00. The van der Waals surface area contributed by atoms with Gasteiger partial charge in [-0.05, 0) is 32.0 Å². The highest BCUT2D eigenvalue weighted by atomic mass is 35.5. The van der Waals surface area contributed by atoms with Crippen LogP contribution in [0.15, 0.2) is 65.2 Å². The van der Waals surface area contributed by atoms with E-state index in [4.69, 9.17) is 35.6 Å². The maximum Gasteiger partial charge on any atom is 0.184 e. The quantitative estimate of drug-likeness (QED) is 0.260. The molecule has 3 aliphatic rings. The van der Waals surface area contributed by atoms with E-state index in [9.17, 15) is 0 Å². The van der Waals surface area contributed by atoms with Gasteiger partial charge in [0.1, 0.15) is 52.5 Å². The summed E-state index contributed by atoms with van der Waals surface area (Å²) in [5.74, 6) is 0.690. The minimum atomic E-state index is -0.597. The average molecular weight is 665 g/mol. The summed E-state index contributed by atoms with van der Waals surface area (Å²) >= 11 is 9.20. The van der Waals surface area contributed by atoms with Gasteiger partial charge in [-0.3, -0.25) is 5.43 Å². The SMILES string of the molecule is COC1[C@@H](n2cc(-c3nc(Cl)cs3)nn2)[C@H]2OC(c3ccccc3)OCC2O[C@H]1C1=NNC(C)N1c1ccc2nc(C)sc2c1. The number of methoxy groups -OCH3 is 1. The zero-order valence-electron chi connectivity index (χ0n) is 24.5. The van der Waals surface area contributed by atoms with E-state index >= 15 is 0 Å². The molecule has 0 amide bonds. The van der Waals surface area contributed by atoms with E-state index in [0.29, 0.717) is 28.3 Å². The molecular weight excluding hydrogens is 636 g/mol. The van der Waals surface area contributed by atoms with Crippen molar-refractivity contribution in [2.24, 2.45) is 5.10 Å². The van der Waals surface area contributed by atoms with Crippen LogP contribution in [0.1, 0.15) is 29.8 Å². The molecule has 1 N–H and O–H groups in total. The zero-order chi connectivity index (χ0) is 30.7. The second-order valence-corrected chi connectivity index (χ2v) is 13.5. The van der Waals surface area contributed by atoms with Crippen molar-refractivity contribution in [3.8, 4) is 10.7 Å². The number of nitrogens with one attached hydrogen (secondary N) is 1. The molecule has 8 rings (SSSR count). The minimum absolute atomic E-state index is 0.127. The largest absolute Gasteiger partial charge is 0.376 e. The highest BCUT2D eigenvalue weighted by Crippen LogP contribution is 2.42. The summed E-state index contributed by atoms with van der Waals surface area (Å²) in [7, 11) is 1.67. The number of hydrazone groups is 1. The third-order valence-electron chi connectivity index (χ3n) is 8.22. The van der Waals surface area contributed by atoms with Crippen LogP contribution in [-0.4, -0.2) is 75.1 Å². The maximum absolute atomic E-state index is 6.81. The molecule has 12 nitrogen and oxygen atoms in total. The van der Waals surface area contributed by atoms with Gasteiger partial charge in [-0.25, -0.2) is 14.6 Å². The van der Waals surface area contributed by atoms with Crippen LogP contribution in [0.5, 0.6) is 0 Å². The number of ether oxygens (including phenoxy) is 4. The van der Waals surface area contributed by atoms with Crippen LogP contribution in [0.4, 0.5) is 5.69 Å². The minimum Gasteiger partial charge on any atom is -0.376 e. The van der Waals surface area contributed by atoms with Crippen LogP contribution in [0.2, 0.25) is 5.15 Å². The van der Waals surface area contributed by atoms with Crippen molar-refractivity contribution in [2.45, 2.75) is 56.8 Å².